The summed E-state index contributed by atoms with van der Waals surface area (Å²) in [4.78, 5) is 84.9. The highest BCUT2D eigenvalue weighted by Gasteiger charge is 2.58. The maximum atomic E-state index is 12.4. The zero-order chi connectivity index (χ0) is 38.1. The largest absolute Gasteiger partial charge is 0.463 e. The number of nitrogens with one attached hydrogen (secondary N) is 1. The van der Waals surface area contributed by atoms with Crippen molar-refractivity contribution in [2.75, 3.05) is 13.2 Å². The molecule has 0 spiro atoms. The van der Waals surface area contributed by atoms with E-state index in [0.29, 0.717) is 0 Å². The van der Waals surface area contributed by atoms with E-state index in [-0.39, 0.29) is 0 Å². The molecular weight excluding hydrogens is 745 g/mol. The lowest BCUT2D eigenvalue weighted by molar-refractivity contribution is -0.355. The molecule has 4 unspecified atom stereocenters. The summed E-state index contributed by atoms with van der Waals surface area (Å²) in [6, 6.07) is 0. The molecule has 1 N–H and O–H groups in total. The molecule has 282 valence electrons. The fraction of sp³-hybridized carbons (Fsp3) is 0.714. The van der Waals surface area contributed by atoms with Crippen molar-refractivity contribution >= 4 is 82.5 Å². The van der Waals surface area contributed by atoms with E-state index in [1.54, 1.807) is 0 Å². The zero-order valence-electron chi connectivity index (χ0n) is 27.7. The van der Waals surface area contributed by atoms with E-state index in [9.17, 15) is 33.6 Å². The molecule has 2 aliphatic rings. The topological polar surface area (TPSA) is 245 Å². The first-order chi connectivity index (χ1) is 23.1. The Morgan fingerprint density at radius 3 is 1.24 bits per heavy atom. The van der Waals surface area contributed by atoms with Crippen molar-refractivity contribution in [2.45, 2.75) is 114 Å². The molecule has 2 heterocycles. The summed E-state index contributed by atoms with van der Waals surface area (Å²) in [6.07, 6.45) is -17.0. The van der Waals surface area contributed by atoms with Crippen molar-refractivity contribution in [2.24, 2.45) is 0 Å². The first-order valence-electron chi connectivity index (χ1n) is 14.5. The van der Waals surface area contributed by atoms with Crippen LogP contribution in [0, 0.1) is 5.41 Å². The molecule has 0 saturated carbocycles. The van der Waals surface area contributed by atoms with E-state index >= 15 is 0 Å². The van der Waals surface area contributed by atoms with Gasteiger partial charge >= 0.3 is 41.8 Å². The van der Waals surface area contributed by atoms with E-state index in [1.165, 1.54) is 0 Å². The normalized spacial score (nSPS) is 29.3. The van der Waals surface area contributed by atoms with Gasteiger partial charge in [-0.3, -0.25) is 39.0 Å². The fourth-order valence-corrected chi connectivity index (χ4v) is 4.88. The van der Waals surface area contributed by atoms with E-state index in [4.69, 9.17) is 92.3 Å². The summed E-state index contributed by atoms with van der Waals surface area (Å²) in [7, 11) is 0. The number of ether oxygens (including phenoxy) is 11. The Hall–Kier alpha value is -3.49. The minimum absolute atomic E-state index is 0.617. The van der Waals surface area contributed by atoms with Crippen molar-refractivity contribution in [1.82, 2.24) is 0 Å². The molecule has 50 heavy (non-hydrogen) atoms. The van der Waals surface area contributed by atoms with Crippen molar-refractivity contribution in [3.63, 3.8) is 0 Å². The number of hydrogen-bond donors (Lipinski definition) is 1. The van der Waals surface area contributed by atoms with Gasteiger partial charge in [0.25, 0.3) is 3.79 Å². The third-order valence-corrected chi connectivity index (χ3v) is 6.89. The highest BCUT2D eigenvalue weighted by atomic mass is 35.6. The lowest BCUT2D eigenvalue weighted by atomic mass is 9.96. The second kappa shape index (κ2) is 18.7. The maximum Gasteiger partial charge on any atom is 0.303 e. The molecule has 0 aromatic heterocycles. The molecule has 0 amide bonds. The van der Waals surface area contributed by atoms with Gasteiger partial charge in [-0.2, -0.15) is 0 Å². The zero-order valence-corrected chi connectivity index (χ0v) is 29.9. The standard InChI is InChI=1S/C28H36Cl3NO18/c1-10(33)40-8-17-19(42-12(3)35)21(43-13(4)36)23(45-15(6)38)25(47-17)49-20-18(9-41-11(2)34)48-26(50-27(32)28(29,30)31)24(46-16(7)39)22(20)44-14(5)37/h17-26,32H,8-9H2,1-7H3/t17?,18?,19-,20-,21-,22+,23?,24?,25+,26+/m1/s1. The molecule has 0 aromatic rings. The molecule has 10 atom stereocenters. The third kappa shape index (κ3) is 13.0. The second-order valence-corrected chi connectivity index (χ2v) is 12.9. The Morgan fingerprint density at radius 1 is 0.500 bits per heavy atom. The van der Waals surface area contributed by atoms with Crippen LogP contribution < -0.4 is 0 Å². The molecule has 2 fully saturated rings. The smallest absolute Gasteiger partial charge is 0.303 e. The monoisotopic (exact) mass is 779 g/mol. The molecule has 0 bridgehead atoms. The highest BCUT2D eigenvalue weighted by Crippen LogP contribution is 2.37. The molecule has 2 rings (SSSR count). The van der Waals surface area contributed by atoms with Gasteiger partial charge in [0.1, 0.15) is 31.5 Å². The molecule has 0 aromatic carbocycles. The van der Waals surface area contributed by atoms with Crippen molar-refractivity contribution in [1.29, 1.82) is 5.41 Å². The number of rotatable bonds is 12. The van der Waals surface area contributed by atoms with Crippen LogP contribution in [0.1, 0.15) is 48.5 Å². The van der Waals surface area contributed by atoms with Crippen LogP contribution in [-0.4, -0.2) is 126 Å². The van der Waals surface area contributed by atoms with Crippen LogP contribution in [0.3, 0.4) is 0 Å². The van der Waals surface area contributed by atoms with Crippen LogP contribution in [0.2, 0.25) is 0 Å². The second-order valence-electron chi connectivity index (χ2n) is 10.6. The van der Waals surface area contributed by atoms with Crippen LogP contribution in [-0.2, 0) is 85.7 Å². The quantitative estimate of drug-likeness (QED) is 0.0953. The predicted molar refractivity (Wildman–Crippen MR) is 162 cm³/mol. The molecule has 0 radical (unpaired) electrons. The summed E-state index contributed by atoms with van der Waals surface area (Å²) in [5.41, 5.74) is 0. The van der Waals surface area contributed by atoms with E-state index in [0.717, 1.165) is 48.5 Å². The summed E-state index contributed by atoms with van der Waals surface area (Å²) in [6.45, 7) is 5.79. The fourth-order valence-electron chi connectivity index (χ4n) is 4.75. The number of alkyl halides is 3. The molecule has 22 heteroatoms. The Morgan fingerprint density at radius 2 is 0.840 bits per heavy atom. The SMILES string of the molecule is CC(=O)OCC1O[C@@H](OC(=N)C(Cl)(Cl)Cl)C(OC(C)=O)[C@@H](OC(C)=O)[C@@H]1O[C@@H]1OC(COC(C)=O)[C@@H](OC(C)=O)[C@@H](OC(C)=O)C1OC(C)=O. The Labute approximate surface area is 300 Å². The van der Waals surface area contributed by atoms with Crippen LogP contribution >= 0.6 is 34.8 Å². The van der Waals surface area contributed by atoms with Crippen molar-refractivity contribution in [3.8, 4) is 0 Å². The first kappa shape index (κ1) is 42.7. The average Bonchev–Trinajstić information content (AvgIpc) is 2.95. The lowest BCUT2D eigenvalue weighted by Gasteiger charge is -2.48. The van der Waals surface area contributed by atoms with Crippen molar-refractivity contribution in [3.05, 3.63) is 0 Å². The molecule has 2 aliphatic heterocycles. The van der Waals surface area contributed by atoms with Gasteiger partial charge in [-0.05, 0) is 0 Å². The Balaban J connectivity index is 2.77. The number of hydrogen-bond acceptors (Lipinski definition) is 19. The number of carbonyl (C=O) groups is 7. The molecule has 19 nitrogen and oxygen atoms in total. The first-order valence-corrected chi connectivity index (χ1v) is 15.7. The third-order valence-electron chi connectivity index (χ3n) is 6.38. The predicted octanol–water partition coefficient (Wildman–Crippen LogP) is 0.970. The van der Waals surface area contributed by atoms with Crippen LogP contribution in [0.15, 0.2) is 0 Å². The number of esters is 7. The maximum absolute atomic E-state index is 12.4. The number of halogens is 3. The van der Waals surface area contributed by atoms with Crippen LogP contribution in [0.25, 0.3) is 0 Å². The van der Waals surface area contributed by atoms with Crippen LogP contribution in [0.4, 0.5) is 0 Å². The van der Waals surface area contributed by atoms with E-state index in [2.05, 4.69) is 0 Å². The minimum Gasteiger partial charge on any atom is -0.463 e. The van der Waals surface area contributed by atoms with Gasteiger partial charge in [-0.1, -0.05) is 34.8 Å². The van der Waals surface area contributed by atoms with Gasteiger partial charge < -0.3 is 52.1 Å². The molecular formula is C28H36Cl3NO18. The summed E-state index contributed by atoms with van der Waals surface area (Å²) < 4.78 is 58.1. The van der Waals surface area contributed by atoms with Gasteiger partial charge in [0.15, 0.2) is 30.7 Å². The highest BCUT2D eigenvalue weighted by molar-refractivity contribution is 6.76. The van der Waals surface area contributed by atoms with Crippen molar-refractivity contribution < 1.29 is 85.7 Å². The number of carbonyl (C=O) groups excluding carboxylic acids is 7. The van der Waals surface area contributed by atoms with Gasteiger partial charge in [-0.25, -0.2) is 0 Å². The average molecular weight is 781 g/mol. The van der Waals surface area contributed by atoms with Gasteiger partial charge in [0.2, 0.25) is 18.3 Å². The van der Waals surface area contributed by atoms with Gasteiger partial charge in [0.05, 0.1) is 0 Å². The van der Waals surface area contributed by atoms with Crippen LogP contribution in [0.5, 0.6) is 0 Å². The Bertz CT molecular complexity index is 1310. The molecule has 0 aliphatic carbocycles. The lowest BCUT2D eigenvalue weighted by Crippen LogP contribution is -2.67. The van der Waals surface area contributed by atoms with Gasteiger partial charge in [0, 0.05) is 48.5 Å². The Kier molecular flexibility index (Phi) is 15.9. The summed E-state index contributed by atoms with van der Waals surface area (Å²) >= 11 is 17.3. The van der Waals surface area contributed by atoms with Gasteiger partial charge in [-0.15, -0.1) is 0 Å². The minimum atomic E-state index is -2.45. The summed E-state index contributed by atoms with van der Waals surface area (Å²) in [5, 5.41) is 8.03. The summed E-state index contributed by atoms with van der Waals surface area (Å²) in [5.74, 6) is -7.37. The van der Waals surface area contributed by atoms with E-state index in [1.807, 2.05) is 0 Å². The molecule has 2 saturated heterocycles. The van der Waals surface area contributed by atoms with E-state index < -0.39 is 126 Å².